The minimum atomic E-state index is -3.47. The lowest BCUT2D eigenvalue weighted by Gasteiger charge is -2.08. The van der Waals surface area contributed by atoms with Gasteiger partial charge in [0, 0.05) is 11.2 Å². The van der Waals surface area contributed by atoms with Crippen LogP contribution in [0.1, 0.15) is 11.1 Å². The maximum Gasteiger partial charge on any atom is 0.176 e. The molecule has 0 radical (unpaired) electrons. The standard InChI is InChI=1S/C21H17FO3S2/c1-27(24,25)21-5-3-2-4-20(21)26(23)19-14-10-17(11-15-19)7-6-16-8-12-18(22)13-9-16/h2-15H,1H3/b7-6+. The zero-order chi connectivity index (χ0) is 19.4. The van der Waals surface area contributed by atoms with Gasteiger partial charge >= 0.3 is 0 Å². The van der Waals surface area contributed by atoms with Crippen molar-refractivity contribution in [2.24, 2.45) is 0 Å². The van der Waals surface area contributed by atoms with Crippen LogP contribution in [-0.2, 0) is 20.6 Å². The van der Waals surface area contributed by atoms with Crippen molar-refractivity contribution in [2.75, 3.05) is 6.26 Å². The first kappa shape index (κ1) is 19.2. The van der Waals surface area contributed by atoms with Crippen molar-refractivity contribution < 1.29 is 17.0 Å². The van der Waals surface area contributed by atoms with E-state index in [4.69, 9.17) is 0 Å². The van der Waals surface area contributed by atoms with Crippen molar-refractivity contribution in [1.82, 2.24) is 0 Å². The van der Waals surface area contributed by atoms with E-state index in [9.17, 15) is 17.0 Å². The molecule has 0 aliphatic heterocycles. The highest BCUT2D eigenvalue weighted by atomic mass is 32.2. The monoisotopic (exact) mass is 400 g/mol. The topological polar surface area (TPSA) is 51.2 Å². The van der Waals surface area contributed by atoms with Crippen LogP contribution in [0.5, 0.6) is 0 Å². The zero-order valence-electron chi connectivity index (χ0n) is 14.5. The van der Waals surface area contributed by atoms with Crippen molar-refractivity contribution in [3.05, 3.63) is 89.7 Å². The molecule has 27 heavy (non-hydrogen) atoms. The Labute approximate surface area is 160 Å². The van der Waals surface area contributed by atoms with Crippen molar-refractivity contribution in [1.29, 1.82) is 0 Å². The number of sulfone groups is 1. The van der Waals surface area contributed by atoms with Gasteiger partial charge in [-0.2, -0.15) is 0 Å². The summed E-state index contributed by atoms with van der Waals surface area (Å²) in [4.78, 5) is 0.864. The molecule has 0 amide bonds. The van der Waals surface area contributed by atoms with Crippen LogP contribution in [0.3, 0.4) is 0 Å². The predicted octanol–water partition coefficient (Wildman–Crippen LogP) is 4.57. The van der Waals surface area contributed by atoms with Gasteiger partial charge in [0.1, 0.15) is 5.82 Å². The lowest BCUT2D eigenvalue weighted by molar-refractivity contribution is 0.599. The Morgan fingerprint density at radius 1 is 0.815 bits per heavy atom. The molecule has 0 aliphatic carbocycles. The minimum Gasteiger partial charge on any atom is -0.249 e. The van der Waals surface area contributed by atoms with Crippen molar-refractivity contribution in [3.8, 4) is 0 Å². The summed E-state index contributed by atoms with van der Waals surface area (Å²) in [5.74, 6) is -0.284. The molecular weight excluding hydrogens is 383 g/mol. The molecule has 1 atom stereocenters. The van der Waals surface area contributed by atoms with E-state index >= 15 is 0 Å². The quantitative estimate of drug-likeness (QED) is 0.590. The first-order valence-corrected chi connectivity index (χ1v) is 11.1. The highest BCUT2D eigenvalue weighted by Gasteiger charge is 2.18. The molecule has 3 aromatic rings. The third-order valence-electron chi connectivity index (χ3n) is 3.88. The summed E-state index contributed by atoms with van der Waals surface area (Å²) < 4.78 is 49.6. The molecule has 3 nitrogen and oxygen atoms in total. The summed E-state index contributed by atoms with van der Waals surface area (Å²) in [5, 5.41) is 0. The van der Waals surface area contributed by atoms with Gasteiger partial charge in [0.25, 0.3) is 0 Å². The second-order valence-corrected chi connectivity index (χ2v) is 9.37. The molecule has 0 saturated heterocycles. The average Bonchev–Trinajstić information content (AvgIpc) is 2.67. The Morgan fingerprint density at radius 2 is 1.33 bits per heavy atom. The van der Waals surface area contributed by atoms with Crippen molar-refractivity contribution in [2.45, 2.75) is 14.7 Å². The predicted molar refractivity (Wildman–Crippen MR) is 106 cm³/mol. The molecule has 0 N–H and O–H groups in total. The Bertz CT molecular complexity index is 1100. The van der Waals surface area contributed by atoms with Gasteiger partial charge in [-0.15, -0.1) is 0 Å². The zero-order valence-corrected chi connectivity index (χ0v) is 16.1. The summed E-state index contributed by atoms with van der Waals surface area (Å²) in [6.45, 7) is 0. The molecule has 0 aliphatic rings. The molecule has 6 heteroatoms. The highest BCUT2D eigenvalue weighted by molar-refractivity contribution is 7.92. The van der Waals surface area contributed by atoms with Crippen molar-refractivity contribution >= 4 is 32.8 Å². The number of halogens is 1. The number of hydrogen-bond donors (Lipinski definition) is 0. The Kier molecular flexibility index (Phi) is 5.68. The number of rotatable bonds is 5. The van der Waals surface area contributed by atoms with Gasteiger partial charge < -0.3 is 0 Å². The van der Waals surface area contributed by atoms with E-state index in [0.29, 0.717) is 4.90 Å². The Hall–Kier alpha value is -2.57. The van der Waals surface area contributed by atoms with Crippen LogP contribution in [0.2, 0.25) is 0 Å². The molecule has 138 valence electrons. The van der Waals surface area contributed by atoms with E-state index in [0.717, 1.165) is 17.4 Å². The lowest BCUT2D eigenvalue weighted by atomic mass is 10.1. The summed E-state index contributed by atoms with van der Waals surface area (Å²) in [6, 6.07) is 19.5. The molecule has 0 heterocycles. The van der Waals surface area contributed by atoms with Crippen LogP contribution in [0.25, 0.3) is 12.2 Å². The maximum absolute atomic E-state index is 12.9. The van der Waals surface area contributed by atoms with E-state index in [2.05, 4.69) is 0 Å². The van der Waals surface area contributed by atoms with E-state index in [1.165, 1.54) is 18.2 Å². The largest absolute Gasteiger partial charge is 0.249 e. The second-order valence-electron chi connectivity index (χ2n) is 5.94. The van der Waals surface area contributed by atoms with Crippen molar-refractivity contribution in [3.63, 3.8) is 0 Å². The van der Waals surface area contributed by atoms with Gasteiger partial charge in [0.15, 0.2) is 9.84 Å². The molecule has 3 aromatic carbocycles. The van der Waals surface area contributed by atoms with Gasteiger partial charge in [-0.25, -0.2) is 17.0 Å². The maximum atomic E-state index is 12.9. The SMILES string of the molecule is CS(=O)(=O)c1ccccc1S(=O)c1ccc(/C=C/c2ccc(F)cc2)cc1. The van der Waals surface area contributed by atoms with Crippen LogP contribution >= 0.6 is 0 Å². The fraction of sp³-hybridized carbons (Fsp3) is 0.0476. The van der Waals surface area contributed by atoms with E-state index in [1.807, 2.05) is 12.2 Å². The molecule has 1 unspecified atom stereocenters. The normalized spacial score (nSPS) is 13.0. The highest BCUT2D eigenvalue weighted by Crippen LogP contribution is 2.24. The lowest BCUT2D eigenvalue weighted by Crippen LogP contribution is -2.04. The van der Waals surface area contributed by atoms with Crippen LogP contribution in [-0.4, -0.2) is 18.9 Å². The summed E-state index contributed by atoms with van der Waals surface area (Å²) in [6.07, 6.45) is 4.82. The minimum absolute atomic E-state index is 0.0728. The fourth-order valence-electron chi connectivity index (χ4n) is 2.51. The molecular formula is C21H17FO3S2. The molecule has 0 fully saturated rings. The molecule has 3 rings (SSSR count). The van der Waals surface area contributed by atoms with Gasteiger partial charge in [-0.1, -0.05) is 48.6 Å². The van der Waals surface area contributed by atoms with Crippen LogP contribution < -0.4 is 0 Å². The van der Waals surface area contributed by atoms with Crippen LogP contribution in [0.15, 0.2) is 87.5 Å². The Morgan fingerprint density at radius 3 is 1.89 bits per heavy atom. The molecule has 0 spiro atoms. The summed E-state index contributed by atoms with van der Waals surface area (Å²) in [7, 11) is -5.07. The smallest absolute Gasteiger partial charge is 0.176 e. The third-order valence-corrected chi connectivity index (χ3v) is 6.62. The van der Waals surface area contributed by atoms with Gasteiger partial charge in [0.05, 0.1) is 20.6 Å². The Balaban J connectivity index is 1.84. The summed E-state index contributed by atoms with van der Waals surface area (Å²) >= 11 is 0. The molecule has 0 bridgehead atoms. The molecule has 0 aromatic heterocycles. The molecule has 0 saturated carbocycles. The first-order valence-electron chi connectivity index (χ1n) is 8.09. The van der Waals surface area contributed by atoms with Crippen LogP contribution in [0.4, 0.5) is 4.39 Å². The van der Waals surface area contributed by atoms with Gasteiger partial charge in [0.2, 0.25) is 0 Å². The average molecular weight is 400 g/mol. The first-order chi connectivity index (χ1) is 12.8. The summed E-state index contributed by atoms with van der Waals surface area (Å²) in [5.41, 5.74) is 1.75. The van der Waals surface area contributed by atoms with Gasteiger partial charge in [-0.05, 0) is 47.5 Å². The van der Waals surface area contributed by atoms with E-state index in [1.54, 1.807) is 54.6 Å². The second kappa shape index (κ2) is 7.98. The van der Waals surface area contributed by atoms with Gasteiger partial charge in [-0.3, -0.25) is 0 Å². The van der Waals surface area contributed by atoms with E-state index in [-0.39, 0.29) is 15.6 Å². The van der Waals surface area contributed by atoms with Crippen LogP contribution in [0, 0.1) is 5.82 Å². The van der Waals surface area contributed by atoms with E-state index < -0.39 is 20.6 Å². The fourth-order valence-corrected chi connectivity index (χ4v) is 5.04. The third kappa shape index (κ3) is 4.78. The number of benzene rings is 3. The number of hydrogen-bond acceptors (Lipinski definition) is 3.